The van der Waals surface area contributed by atoms with Crippen molar-refractivity contribution < 1.29 is 9.53 Å². The van der Waals surface area contributed by atoms with Gasteiger partial charge in [-0.05, 0) is 42.8 Å². The Morgan fingerprint density at radius 2 is 2.14 bits per heavy atom. The molecule has 1 heterocycles. The van der Waals surface area contributed by atoms with Crippen LogP contribution in [-0.4, -0.2) is 23.2 Å². The Labute approximate surface area is 132 Å². The maximum absolute atomic E-state index is 12.3. The first-order valence-electron chi connectivity index (χ1n) is 6.60. The summed E-state index contributed by atoms with van der Waals surface area (Å²) >= 11 is 3.36. The van der Waals surface area contributed by atoms with Crippen molar-refractivity contribution in [3.8, 4) is 5.75 Å². The van der Waals surface area contributed by atoms with Crippen LogP contribution < -0.4 is 10.1 Å². The van der Waals surface area contributed by atoms with Gasteiger partial charge in [0.25, 0.3) is 5.91 Å². The Morgan fingerprint density at radius 1 is 1.43 bits per heavy atom. The molecule has 112 valence electrons. The third-order valence-corrected chi connectivity index (χ3v) is 4.26. The molecule has 0 radical (unpaired) electrons. The Balaban J connectivity index is 2.22. The molecule has 5 nitrogen and oxygen atoms in total. The van der Waals surface area contributed by atoms with Gasteiger partial charge >= 0.3 is 0 Å². The van der Waals surface area contributed by atoms with Gasteiger partial charge in [-0.15, -0.1) is 0 Å². The van der Waals surface area contributed by atoms with E-state index in [1.807, 2.05) is 39.0 Å². The average Bonchev–Trinajstić information content (AvgIpc) is 2.79. The third kappa shape index (κ3) is 3.26. The fraction of sp³-hybridized carbons (Fsp3) is 0.333. The highest BCUT2D eigenvalue weighted by Crippen LogP contribution is 2.27. The second kappa shape index (κ2) is 6.30. The predicted molar refractivity (Wildman–Crippen MR) is 84.6 cm³/mol. The van der Waals surface area contributed by atoms with Crippen LogP contribution in [0.3, 0.4) is 0 Å². The molecule has 1 unspecified atom stereocenters. The summed E-state index contributed by atoms with van der Waals surface area (Å²) in [5.41, 5.74) is 3.23. The molecule has 1 amide bonds. The number of benzene rings is 1. The van der Waals surface area contributed by atoms with Crippen LogP contribution in [-0.2, 0) is 0 Å². The predicted octanol–water partition coefficient (Wildman–Crippen LogP) is 3.29. The molecule has 0 fully saturated rings. The number of methoxy groups -OCH3 is 1. The lowest BCUT2D eigenvalue weighted by atomic mass is 10.0. The minimum absolute atomic E-state index is 0.184. The number of ether oxygens (including phenoxy) is 1. The van der Waals surface area contributed by atoms with Crippen molar-refractivity contribution in [1.29, 1.82) is 0 Å². The number of carbonyl (C=O) groups is 1. The van der Waals surface area contributed by atoms with Gasteiger partial charge in [0.05, 0.1) is 17.6 Å². The lowest BCUT2D eigenvalue weighted by Gasteiger charge is -2.17. The van der Waals surface area contributed by atoms with E-state index in [0.29, 0.717) is 10.2 Å². The molecule has 1 aromatic heterocycles. The summed E-state index contributed by atoms with van der Waals surface area (Å²) in [7, 11) is 1.62. The Hall–Kier alpha value is -1.82. The molecule has 0 aliphatic rings. The van der Waals surface area contributed by atoms with E-state index in [2.05, 4.69) is 31.4 Å². The molecule has 0 spiro atoms. The summed E-state index contributed by atoms with van der Waals surface area (Å²) in [6, 6.07) is 5.71. The fourth-order valence-corrected chi connectivity index (χ4v) is 2.46. The van der Waals surface area contributed by atoms with Crippen molar-refractivity contribution in [2.75, 3.05) is 7.11 Å². The van der Waals surface area contributed by atoms with Crippen LogP contribution in [0.1, 0.15) is 40.3 Å². The second-order valence-electron chi connectivity index (χ2n) is 4.95. The smallest absolute Gasteiger partial charge is 0.273 e. The SMILES string of the molecule is COc1ccc(C)cc1C(C)NC(=O)c1n[nH]c(C)c1Br. The number of aryl methyl sites for hydroxylation is 2. The van der Waals surface area contributed by atoms with Crippen molar-refractivity contribution in [2.24, 2.45) is 0 Å². The van der Waals surface area contributed by atoms with E-state index >= 15 is 0 Å². The summed E-state index contributed by atoms with van der Waals surface area (Å²) < 4.78 is 6.04. The van der Waals surface area contributed by atoms with Crippen molar-refractivity contribution in [2.45, 2.75) is 26.8 Å². The standard InChI is InChI=1S/C15H18BrN3O2/c1-8-5-6-12(21-4)11(7-8)9(2)17-15(20)14-13(16)10(3)18-19-14/h5-7,9H,1-4H3,(H,17,20)(H,18,19). The highest BCUT2D eigenvalue weighted by molar-refractivity contribution is 9.10. The van der Waals surface area contributed by atoms with Crippen LogP contribution in [0.25, 0.3) is 0 Å². The largest absolute Gasteiger partial charge is 0.496 e. The number of nitrogens with one attached hydrogen (secondary N) is 2. The molecule has 0 aliphatic heterocycles. The summed E-state index contributed by atoms with van der Waals surface area (Å²) in [5.74, 6) is 0.521. The van der Waals surface area contributed by atoms with Crippen LogP contribution in [0, 0.1) is 13.8 Å². The molecular formula is C15H18BrN3O2. The topological polar surface area (TPSA) is 67.0 Å². The third-order valence-electron chi connectivity index (χ3n) is 3.29. The molecule has 0 saturated heterocycles. The van der Waals surface area contributed by atoms with Gasteiger partial charge < -0.3 is 10.1 Å². The van der Waals surface area contributed by atoms with Gasteiger partial charge in [0.2, 0.25) is 0 Å². The number of rotatable bonds is 4. The Morgan fingerprint density at radius 3 is 2.71 bits per heavy atom. The van der Waals surface area contributed by atoms with Crippen molar-refractivity contribution in [1.82, 2.24) is 15.5 Å². The summed E-state index contributed by atoms with van der Waals surface area (Å²) in [5, 5.41) is 9.72. The first kappa shape index (κ1) is 15.6. The van der Waals surface area contributed by atoms with Crippen LogP contribution in [0.4, 0.5) is 0 Å². The van der Waals surface area contributed by atoms with Gasteiger partial charge in [-0.1, -0.05) is 17.7 Å². The van der Waals surface area contributed by atoms with Crippen molar-refractivity contribution in [3.05, 3.63) is 45.2 Å². The monoisotopic (exact) mass is 351 g/mol. The molecule has 2 N–H and O–H groups in total. The minimum atomic E-state index is -0.234. The van der Waals surface area contributed by atoms with E-state index in [1.54, 1.807) is 7.11 Å². The van der Waals surface area contributed by atoms with E-state index in [4.69, 9.17) is 4.74 Å². The van der Waals surface area contributed by atoms with Gasteiger partial charge in [0.15, 0.2) is 5.69 Å². The fourth-order valence-electron chi connectivity index (χ4n) is 2.10. The maximum Gasteiger partial charge on any atom is 0.273 e. The molecular weight excluding hydrogens is 334 g/mol. The van der Waals surface area contributed by atoms with Gasteiger partial charge in [-0.3, -0.25) is 9.89 Å². The number of hydrogen-bond donors (Lipinski definition) is 2. The Bertz CT molecular complexity index is 667. The molecule has 0 aliphatic carbocycles. The van der Waals surface area contributed by atoms with Crippen molar-refractivity contribution >= 4 is 21.8 Å². The average molecular weight is 352 g/mol. The van der Waals surface area contributed by atoms with E-state index in [-0.39, 0.29) is 11.9 Å². The van der Waals surface area contributed by atoms with E-state index < -0.39 is 0 Å². The summed E-state index contributed by atoms with van der Waals surface area (Å²) in [4.78, 5) is 12.3. The van der Waals surface area contributed by atoms with Gasteiger partial charge in [-0.25, -0.2) is 0 Å². The zero-order chi connectivity index (χ0) is 15.6. The number of nitrogens with zero attached hydrogens (tertiary/aromatic N) is 1. The quantitative estimate of drug-likeness (QED) is 0.887. The molecule has 2 aromatic rings. The molecule has 1 atom stereocenters. The van der Waals surface area contributed by atoms with E-state index in [0.717, 1.165) is 22.6 Å². The summed E-state index contributed by atoms with van der Waals surface area (Å²) in [6.07, 6.45) is 0. The highest BCUT2D eigenvalue weighted by Gasteiger charge is 2.20. The number of H-pyrrole nitrogens is 1. The van der Waals surface area contributed by atoms with Crippen LogP contribution in [0.15, 0.2) is 22.7 Å². The molecule has 0 bridgehead atoms. The van der Waals surface area contributed by atoms with Gasteiger partial charge in [0.1, 0.15) is 5.75 Å². The zero-order valence-corrected chi connectivity index (χ0v) is 14.0. The molecule has 21 heavy (non-hydrogen) atoms. The molecule has 6 heteroatoms. The number of aromatic amines is 1. The minimum Gasteiger partial charge on any atom is -0.496 e. The lowest BCUT2D eigenvalue weighted by Crippen LogP contribution is -2.27. The number of hydrogen-bond acceptors (Lipinski definition) is 3. The molecule has 0 saturated carbocycles. The van der Waals surface area contributed by atoms with Gasteiger partial charge in [0, 0.05) is 11.3 Å². The first-order chi connectivity index (χ1) is 9.93. The number of halogens is 1. The normalized spacial score (nSPS) is 12.0. The summed E-state index contributed by atoms with van der Waals surface area (Å²) in [6.45, 7) is 5.77. The van der Waals surface area contributed by atoms with E-state index in [9.17, 15) is 4.79 Å². The highest BCUT2D eigenvalue weighted by atomic mass is 79.9. The van der Waals surface area contributed by atoms with E-state index in [1.165, 1.54) is 0 Å². The maximum atomic E-state index is 12.3. The molecule has 2 rings (SSSR count). The zero-order valence-electron chi connectivity index (χ0n) is 12.5. The number of aromatic nitrogens is 2. The van der Waals surface area contributed by atoms with Crippen molar-refractivity contribution in [3.63, 3.8) is 0 Å². The first-order valence-corrected chi connectivity index (χ1v) is 7.39. The van der Waals surface area contributed by atoms with Crippen LogP contribution in [0.5, 0.6) is 5.75 Å². The molecule has 1 aromatic carbocycles. The van der Waals surface area contributed by atoms with Gasteiger partial charge in [-0.2, -0.15) is 5.10 Å². The Kier molecular flexibility index (Phi) is 4.67. The van der Waals surface area contributed by atoms with Crippen LogP contribution >= 0.6 is 15.9 Å². The number of carbonyl (C=O) groups excluding carboxylic acids is 1. The lowest BCUT2D eigenvalue weighted by molar-refractivity contribution is 0.0933. The number of amides is 1. The second-order valence-corrected chi connectivity index (χ2v) is 5.74. The van der Waals surface area contributed by atoms with Crippen LogP contribution in [0.2, 0.25) is 0 Å².